The van der Waals surface area contributed by atoms with Crippen molar-refractivity contribution in [2.75, 3.05) is 43.1 Å². The first-order valence-corrected chi connectivity index (χ1v) is 10.1. The van der Waals surface area contributed by atoms with E-state index in [2.05, 4.69) is 22.5 Å². The summed E-state index contributed by atoms with van der Waals surface area (Å²) in [4.78, 5) is 30.6. The van der Waals surface area contributed by atoms with E-state index >= 15 is 0 Å². The highest BCUT2D eigenvalue weighted by Crippen LogP contribution is 2.31. The average Bonchev–Trinajstić information content (AvgIpc) is 2.70. The molecule has 9 heteroatoms. The standard InChI is InChI=1S/C19H29N5O4/c1-3-20-17-16(24(26)27)12-15(18(22-17)23-8-10-28-11-9-23)19(25)21-14-6-4-13(2)5-7-14/h12-14H,3-11H2,1-2H3,(H,20,22)(H,21,25)/t13-,14-. The van der Waals surface area contributed by atoms with E-state index in [1.54, 1.807) is 0 Å². The number of ether oxygens (including phenoxy) is 1. The number of nitrogens with one attached hydrogen (secondary N) is 2. The molecular formula is C19H29N5O4. The predicted molar refractivity (Wildman–Crippen MR) is 107 cm³/mol. The van der Waals surface area contributed by atoms with Crippen molar-refractivity contribution in [3.05, 3.63) is 21.7 Å². The molecule has 0 unspecified atom stereocenters. The third kappa shape index (κ3) is 4.70. The molecule has 2 heterocycles. The summed E-state index contributed by atoms with van der Waals surface area (Å²) in [7, 11) is 0. The van der Waals surface area contributed by atoms with Crippen LogP contribution in [0.5, 0.6) is 0 Å². The van der Waals surface area contributed by atoms with Crippen molar-refractivity contribution < 1.29 is 14.5 Å². The number of carbonyl (C=O) groups excluding carboxylic acids is 1. The van der Waals surface area contributed by atoms with Crippen LogP contribution in [0.2, 0.25) is 0 Å². The summed E-state index contributed by atoms with van der Waals surface area (Å²) in [6.07, 6.45) is 4.04. The Morgan fingerprint density at radius 2 is 2.00 bits per heavy atom. The molecule has 3 rings (SSSR count). The summed E-state index contributed by atoms with van der Waals surface area (Å²) < 4.78 is 5.40. The molecular weight excluding hydrogens is 362 g/mol. The fraction of sp³-hybridized carbons (Fsp3) is 0.684. The summed E-state index contributed by atoms with van der Waals surface area (Å²) in [5, 5.41) is 17.6. The molecule has 1 aliphatic heterocycles. The Bertz CT molecular complexity index is 713. The van der Waals surface area contributed by atoms with Crippen molar-refractivity contribution in [1.29, 1.82) is 0 Å². The lowest BCUT2D eigenvalue weighted by Crippen LogP contribution is -2.41. The van der Waals surface area contributed by atoms with Crippen LogP contribution in [0.4, 0.5) is 17.3 Å². The summed E-state index contributed by atoms with van der Waals surface area (Å²) in [6.45, 7) is 6.84. The minimum Gasteiger partial charge on any atom is -0.378 e. The first kappa shape index (κ1) is 20.3. The molecule has 2 N–H and O–H groups in total. The number of rotatable bonds is 6. The summed E-state index contributed by atoms with van der Waals surface area (Å²) in [6, 6.07) is 1.46. The number of hydrogen-bond acceptors (Lipinski definition) is 7. The number of amides is 1. The minimum atomic E-state index is -0.493. The van der Waals surface area contributed by atoms with Gasteiger partial charge in [-0.05, 0) is 38.5 Å². The molecule has 1 saturated carbocycles. The normalized spacial score (nSPS) is 22.6. The molecule has 1 aromatic rings. The third-order valence-corrected chi connectivity index (χ3v) is 5.43. The van der Waals surface area contributed by atoms with Crippen LogP contribution < -0.4 is 15.5 Å². The van der Waals surface area contributed by atoms with Gasteiger partial charge in [-0.1, -0.05) is 6.92 Å². The second-order valence-corrected chi connectivity index (χ2v) is 7.54. The maximum Gasteiger partial charge on any atom is 0.312 e. The number of nitro groups is 1. The van der Waals surface area contributed by atoms with E-state index in [9.17, 15) is 14.9 Å². The van der Waals surface area contributed by atoms with Gasteiger partial charge in [0.25, 0.3) is 5.91 Å². The van der Waals surface area contributed by atoms with E-state index in [1.165, 1.54) is 6.07 Å². The molecule has 154 valence electrons. The Kier molecular flexibility index (Phi) is 6.66. The molecule has 2 aliphatic rings. The lowest BCUT2D eigenvalue weighted by atomic mass is 9.87. The summed E-state index contributed by atoms with van der Waals surface area (Å²) >= 11 is 0. The fourth-order valence-corrected chi connectivity index (χ4v) is 3.78. The fourth-order valence-electron chi connectivity index (χ4n) is 3.78. The van der Waals surface area contributed by atoms with Crippen LogP contribution in [-0.4, -0.2) is 54.7 Å². The predicted octanol–water partition coefficient (Wildman–Crippen LogP) is 2.57. The average molecular weight is 391 g/mol. The lowest BCUT2D eigenvalue weighted by molar-refractivity contribution is -0.384. The minimum absolute atomic E-state index is 0.105. The Balaban J connectivity index is 1.92. The molecule has 1 saturated heterocycles. The van der Waals surface area contributed by atoms with Crippen molar-refractivity contribution in [1.82, 2.24) is 10.3 Å². The topological polar surface area (TPSA) is 110 Å². The van der Waals surface area contributed by atoms with Crippen LogP contribution in [0.15, 0.2) is 6.07 Å². The number of anilines is 2. The zero-order valence-electron chi connectivity index (χ0n) is 16.6. The lowest BCUT2D eigenvalue weighted by Gasteiger charge is -2.30. The van der Waals surface area contributed by atoms with Crippen LogP contribution in [0.1, 0.15) is 49.9 Å². The van der Waals surface area contributed by atoms with Crippen LogP contribution in [0.3, 0.4) is 0 Å². The van der Waals surface area contributed by atoms with E-state index in [1.807, 2.05) is 11.8 Å². The molecule has 28 heavy (non-hydrogen) atoms. The second-order valence-electron chi connectivity index (χ2n) is 7.54. The molecule has 1 amide bonds. The van der Waals surface area contributed by atoms with Crippen LogP contribution in [0.25, 0.3) is 0 Å². The zero-order valence-corrected chi connectivity index (χ0v) is 16.6. The Labute approximate surface area is 165 Å². The first-order chi connectivity index (χ1) is 13.5. The number of carbonyl (C=O) groups is 1. The van der Waals surface area contributed by atoms with Gasteiger partial charge in [0.15, 0.2) is 0 Å². The van der Waals surface area contributed by atoms with Crippen molar-refractivity contribution in [3.8, 4) is 0 Å². The van der Waals surface area contributed by atoms with Crippen molar-refractivity contribution in [2.45, 2.75) is 45.6 Å². The number of nitrogens with zero attached hydrogens (tertiary/aromatic N) is 3. The van der Waals surface area contributed by atoms with Gasteiger partial charge in [0.05, 0.1) is 23.7 Å². The Morgan fingerprint density at radius 3 is 2.61 bits per heavy atom. The van der Waals surface area contributed by atoms with Gasteiger partial charge in [0.2, 0.25) is 5.82 Å². The molecule has 0 radical (unpaired) electrons. The van der Waals surface area contributed by atoms with Crippen LogP contribution >= 0.6 is 0 Å². The van der Waals surface area contributed by atoms with Crippen LogP contribution in [0, 0.1) is 16.0 Å². The highest BCUT2D eigenvalue weighted by Gasteiger charge is 2.29. The maximum absolute atomic E-state index is 13.0. The number of morpholine rings is 1. The second kappa shape index (κ2) is 9.18. The van der Waals surface area contributed by atoms with E-state index in [0.29, 0.717) is 44.6 Å². The monoisotopic (exact) mass is 391 g/mol. The molecule has 2 fully saturated rings. The SMILES string of the molecule is CCNc1nc(N2CCOCC2)c(C(=O)N[C@H]2CC[C@H](C)CC2)cc1[N+](=O)[O-]. The third-order valence-electron chi connectivity index (χ3n) is 5.43. The van der Waals surface area contributed by atoms with Crippen LogP contribution in [-0.2, 0) is 4.74 Å². The Hall–Kier alpha value is -2.42. The summed E-state index contributed by atoms with van der Waals surface area (Å²) in [5.74, 6) is 1.06. The van der Waals surface area contributed by atoms with Gasteiger partial charge in [-0.25, -0.2) is 4.98 Å². The molecule has 1 aromatic heterocycles. The molecule has 0 spiro atoms. The molecule has 0 bridgehead atoms. The van der Waals surface area contributed by atoms with E-state index in [0.717, 1.165) is 25.7 Å². The maximum atomic E-state index is 13.0. The zero-order chi connectivity index (χ0) is 20.1. The van der Waals surface area contributed by atoms with Gasteiger partial charge in [-0.2, -0.15) is 0 Å². The molecule has 0 atom stereocenters. The number of pyridine rings is 1. The highest BCUT2D eigenvalue weighted by molar-refractivity contribution is 6.00. The van der Waals surface area contributed by atoms with Gasteiger partial charge in [-0.15, -0.1) is 0 Å². The van der Waals surface area contributed by atoms with Gasteiger partial charge < -0.3 is 20.3 Å². The van der Waals surface area contributed by atoms with E-state index in [4.69, 9.17) is 4.74 Å². The molecule has 1 aliphatic carbocycles. The number of hydrogen-bond donors (Lipinski definition) is 2. The Morgan fingerprint density at radius 1 is 1.32 bits per heavy atom. The quantitative estimate of drug-likeness (QED) is 0.566. The highest BCUT2D eigenvalue weighted by atomic mass is 16.6. The van der Waals surface area contributed by atoms with Gasteiger partial charge in [0, 0.05) is 31.7 Å². The van der Waals surface area contributed by atoms with Crippen molar-refractivity contribution in [3.63, 3.8) is 0 Å². The number of aromatic nitrogens is 1. The first-order valence-electron chi connectivity index (χ1n) is 10.1. The smallest absolute Gasteiger partial charge is 0.312 e. The van der Waals surface area contributed by atoms with Crippen molar-refractivity contribution in [2.24, 2.45) is 5.92 Å². The molecule has 0 aromatic carbocycles. The van der Waals surface area contributed by atoms with Gasteiger partial charge >= 0.3 is 5.69 Å². The largest absolute Gasteiger partial charge is 0.378 e. The van der Waals surface area contributed by atoms with Gasteiger partial charge in [0.1, 0.15) is 5.82 Å². The molecule has 9 nitrogen and oxygen atoms in total. The summed E-state index contributed by atoms with van der Waals surface area (Å²) in [5.41, 5.74) is 0.0788. The van der Waals surface area contributed by atoms with Gasteiger partial charge in [-0.3, -0.25) is 14.9 Å². The van der Waals surface area contributed by atoms with Crippen molar-refractivity contribution >= 4 is 23.2 Å². The van der Waals surface area contributed by atoms with E-state index < -0.39 is 4.92 Å². The van der Waals surface area contributed by atoms with E-state index in [-0.39, 0.29) is 29.0 Å².